The van der Waals surface area contributed by atoms with Crippen LogP contribution in [-0.2, 0) is 12.6 Å². The molecule has 154 valence electrons. The summed E-state index contributed by atoms with van der Waals surface area (Å²) in [5.41, 5.74) is 2.29. The van der Waals surface area contributed by atoms with E-state index in [4.69, 9.17) is 0 Å². The molecule has 0 aliphatic heterocycles. The molecule has 0 fully saturated rings. The van der Waals surface area contributed by atoms with E-state index < -0.39 is 11.9 Å². The fourth-order valence-electron chi connectivity index (χ4n) is 3.47. The monoisotopic (exact) mass is 421 g/mol. The first kappa shape index (κ1) is 19.0. The summed E-state index contributed by atoms with van der Waals surface area (Å²) in [4.78, 5) is 23.4. The number of H-pyrrole nitrogens is 2. The van der Waals surface area contributed by atoms with E-state index in [2.05, 4.69) is 25.1 Å². The van der Waals surface area contributed by atoms with Gasteiger partial charge in [-0.15, -0.1) is 0 Å². The summed E-state index contributed by atoms with van der Waals surface area (Å²) in [5, 5.41) is 7.60. The highest BCUT2D eigenvalue weighted by atomic mass is 19.4. The number of benzene rings is 2. The lowest BCUT2D eigenvalue weighted by Crippen LogP contribution is -2.07. The Morgan fingerprint density at radius 1 is 1.00 bits per heavy atom. The molecule has 0 saturated carbocycles. The maximum absolute atomic E-state index is 13.0. The molecule has 0 aliphatic rings. The Morgan fingerprint density at radius 2 is 1.81 bits per heavy atom. The molecule has 0 radical (unpaired) electrons. The van der Waals surface area contributed by atoms with Crippen LogP contribution in [0.1, 0.15) is 21.9 Å². The summed E-state index contributed by atoms with van der Waals surface area (Å²) in [6.07, 6.45) is -3.24. The van der Waals surface area contributed by atoms with E-state index in [1.54, 1.807) is 12.1 Å². The van der Waals surface area contributed by atoms with Crippen molar-refractivity contribution in [3.8, 4) is 11.3 Å². The third-order valence-corrected chi connectivity index (χ3v) is 4.96. The maximum atomic E-state index is 13.0. The number of aromatic nitrogens is 5. The molecule has 3 aromatic heterocycles. The molecule has 0 bridgehead atoms. The fourth-order valence-corrected chi connectivity index (χ4v) is 3.47. The van der Waals surface area contributed by atoms with Crippen LogP contribution in [0, 0.1) is 0 Å². The molecule has 5 rings (SSSR count). The lowest BCUT2D eigenvalue weighted by molar-refractivity contribution is -0.141. The van der Waals surface area contributed by atoms with E-state index in [1.807, 2.05) is 30.3 Å². The van der Waals surface area contributed by atoms with Crippen molar-refractivity contribution in [2.45, 2.75) is 12.6 Å². The van der Waals surface area contributed by atoms with Crippen molar-refractivity contribution in [3.63, 3.8) is 0 Å². The minimum atomic E-state index is -4.55. The van der Waals surface area contributed by atoms with E-state index >= 15 is 0 Å². The smallest absolute Gasteiger partial charge is 0.335 e. The van der Waals surface area contributed by atoms with Crippen molar-refractivity contribution in [2.75, 3.05) is 0 Å². The first-order valence-corrected chi connectivity index (χ1v) is 9.37. The average molecular weight is 421 g/mol. The standard InChI is InChI=1S/C22H14F3N5O/c23-22(24,25)19-9-13(6-7-26-19)20-14-10-16-17(11-15(14)29-30-20)28-21(27-16)18(31)8-12-4-2-1-3-5-12/h1-7,9-11H,8H2,(H,27,28)(H,29,30). The Labute approximate surface area is 173 Å². The Kier molecular flexibility index (Phi) is 4.32. The van der Waals surface area contributed by atoms with Crippen molar-refractivity contribution in [2.24, 2.45) is 0 Å². The number of pyridine rings is 1. The maximum Gasteiger partial charge on any atom is 0.433 e. The van der Waals surface area contributed by atoms with Crippen LogP contribution in [0.5, 0.6) is 0 Å². The molecule has 31 heavy (non-hydrogen) atoms. The van der Waals surface area contributed by atoms with E-state index in [0.29, 0.717) is 27.6 Å². The lowest BCUT2D eigenvalue weighted by Gasteiger charge is -2.06. The zero-order chi connectivity index (χ0) is 21.6. The molecular formula is C22H14F3N5O. The molecule has 0 amide bonds. The van der Waals surface area contributed by atoms with E-state index in [0.717, 1.165) is 17.8 Å². The SMILES string of the molecule is O=C(Cc1ccccc1)c1nc2cc3c(-c4ccnc(C(F)(F)F)c4)n[nH]c3cc2[nH]1. The predicted octanol–water partition coefficient (Wildman–Crippen LogP) is 4.95. The van der Waals surface area contributed by atoms with Crippen LogP contribution in [0.3, 0.4) is 0 Å². The molecule has 0 spiro atoms. The van der Waals surface area contributed by atoms with Gasteiger partial charge in [0.05, 0.1) is 16.6 Å². The van der Waals surface area contributed by atoms with Crippen molar-refractivity contribution >= 4 is 27.7 Å². The summed E-state index contributed by atoms with van der Waals surface area (Å²) in [6, 6.07) is 15.2. The molecule has 0 saturated heterocycles. The first-order valence-electron chi connectivity index (χ1n) is 9.37. The van der Waals surface area contributed by atoms with Crippen LogP contribution >= 0.6 is 0 Å². The van der Waals surface area contributed by atoms with Gasteiger partial charge < -0.3 is 4.98 Å². The average Bonchev–Trinajstić information content (AvgIpc) is 3.35. The predicted molar refractivity (Wildman–Crippen MR) is 108 cm³/mol. The summed E-state index contributed by atoms with van der Waals surface area (Å²) in [5.74, 6) is 0.0673. The number of aromatic amines is 2. The normalized spacial score (nSPS) is 12.0. The van der Waals surface area contributed by atoms with Crippen LogP contribution in [-0.4, -0.2) is 30.9 Å². The van der Waals surface area contributed by atoms with Gasteiger partial charge in [0.1, 0.15) is 11.4 Å². The number of ketones is 1. The zero-order valence-corrected chi connectivity index (χ0v) is 15.9. The van der Waals surface area contributed by atoms with E-state index in [-0.39, 0.29) is 23.6 Å². The van der Waals surface area contributed by atoms with Crippen molar-refractivity contribution < 1.29 is 18.0 Å². The van der Waals surface area contributed by atoms with Crippen LogP contribution in [0.25, 0.3) is 33.2 Å². The summed E-state index contributed by atoms with van der Waals surface area (Å²) >= 11 is 0. The molecule has 3 heterocycles. The molecule has 2 N–H and O–H groups in total. The fraction of sp³-hybridized carbons (Fsp3) is 0.0909. The number of rotatable bonds is 4. The Hall–Kier alpha value is -4.01. The molecule has 6 nitrogen and oxygen atoms in total. The van der Waals surface area contributed by atoms with Crippen molar-refractivity contribution in [1.29, 1.82) is 0 Å². The largest absolute Gasteiger partial charge is 0.433 e. The Balaban J connectivity index is 1.54. The topological polar surface area (TPSA) is 87.3 Å². The molecule has 0 unspecified atom stereocenters. The number of carbonyl (C=O) groups excluding carboxylic acids is 1. The summed E-state index contributed by atoms with van der Waals surface area (Å²) in [7, 11) is 0. The quantitative estimate of drug-likeness (QED) is 0.402. The van der Waals surface area contributed by atoms with Gasteiger partial charge in [-0.25, -0.2) is 4.98 Å². The number of nitrogens with one attached hydrogen (secondary N) is 2. The van der Waals surface area contributed by atoms with Crippen LogP contribution < -0.4 is 0 Å². The number of fused-ring (bicyclic) bond motifs is 2. The van der Waals surface area contributed by atoms with E-state index in [9.17, 15) is 18.0 Å². The highest BCUT2D eigenvalue weighted by Gasteiger charge is 2.32. The van der Waals surface area contributed by atoms with Gasteiger partial charge in [-0.2, -0.15) is 18.3 Å². The van der Waals surface area contributed by atoms with Gasteiger partial charge in [0.2, 0.25) is 5.78 Å². The second-order valence-electron chi connectivity index (χ2n) is 7.09. The lowest BCUT2D eigenvalue weighted by atomic mass is 10.1. The number of hydrogen-bond acceptors (Lipinski definition) is 4. The van der Waals surface area contributed by atoms with Crippen molar-refractivity contribution in [1.82, 2.24) is 25.1 Å². The third-order valence-electron chi connectivity index (χ3n) is 4.96. The van der Waals surface area contributed by atoms with Gasteiger partial charge >= 0.3 is 6.18 Å². The van der Waals surface area contributed by atoms with Gasteiger partial charge in [-0.1, -0.05) is 30.3 Å². The molecule has 5 aromatic rings. The van der Waals surface area contributed by atoms with Gasteiger partial charge in [0.15, 0.2) is 5.82 Å². The molecular weight excluding hydrogens is 407 g/mol. The number of nitrogens with zero attached hydrogens (tertiary/aromatic N) is 3. The number of Topliss-reactive ketones (excluding diaryl/α,β-unsaturated/α-hetero) is 1. The summed E-state index contributed by atoms with van der Waals surface area (Å²) < 4.78 is 39.1. The molecule has 9 heteroatoms. The number of carbonyl (C=O) groups is 1. The number of alkyl halides is 3. The third kappa shape index (κ3) is 3.54. The van der Waals surface area contributed by atoms with Gasteiger partial charge in [0, 0.05) is 23.6 Å². The van der Waals surface area contributed by atoms with E-state index in [1.165, 1.54) is 6.07 Å². The first-order chi connectivity index (χ1) is 14.9. The Morgan fingerprint density at radius 3 is 2.58 bits per heavy atom. The van der Waals surface area contributed by atoms with Gasteiger partial charge in [-0.3, -0.25) is 14.9 Å². The second-order valence-corrected chi connectivity index (χ2v) is 7.09. The number of hydrogen-bond donors (Lipinski definition) is 2. The minimum Gasteiger partial charge on any atom is -0.335 e. The van der Waals surface area contributed by atoms with Crippen LogP contribution in [0.4, 0.5) is 13.2 Å². The van der Waals surface area contributed by atoms with Crippen LogP contribution in [0.15, 0.2) is 60.8 Å². The zero-order valence-electron chi connectivity index (χ0n) is 15.9. The highest BCUT2D eigenvalue weighted by Crippen LogP contribution is 2.33. The van der Waals surface area contributed by atoms with Gasteiger partial charge in [-0.05, 0) is 29.8 Å². The molecule has 0 atom stereocenters. The summed E-state index contributed by atoms with van der Waals surface area (Å²) in [6.45, 7) is 0. The highest BCUT2D eigenvalue weighted by molar-refractivity contribution is 6.03. The second kappa shape index (κ2) is 7.05. The van der Waals surface area contributed by atoms with Crippen molar-refractivity contribution in [3.05, 3.63) is 77.9 Å². The minimum absolute atomic E-state index is 0.159. The molecule has 2 aromatic carbocycles. The Bertz CT molecular complexity index is 1420. The van der Waals surface area contributed by atoms with Gasteiger partial charge in [0.25, 0.3) is 0 Å². The van der Waals surface area contributed by atoms with Crippen LogP contribution in [0.2, 0.25) is 0 Å². The number of halogens is 3. The number of imidazole rings is 1. The molecule has 0 aliphatic carbocycles.